The van der Waals surface area contributed by atoms with E-state index < -0.39 is 17.7 Å². The molecule has 1 N–H and O–H groups in total. The molecule has 4 rings (SSSR count). The fraction of sp³-hybridized carbons (Fsp3) is 0.407. The second kappa shape index (κ2) is 9.19. The number of carbonyl (C=O) groups is 2. The van der Waals surface area contributed by atoms with Gasteiger partial charge < -0.3 is 14.7 Å². The molecule has 0 aromatic heterocycles. The molecule has 2 aromatic rings. The number of hydrogen-bond acceptors (Lipinski definition) is 4. The molecule has 0 bridgehead atoms. The summed E-state index contributed by atoms with van der Waals surface area (Å²) in [6.45, 7) is 5.87. The van der Waals surface area contributed by atoms with Gasteiger partial charge in [0.1, 0.15) is 11.5 Å². The standard InChI is InChI=1S/C27H31NO4/c1-17(2)32-21-15-13-19(14-16-21)25(29)23-24(22-12-8-7-9-18(22)3)28(27(31)26(23)30)20-10-5-4-6-11-20/h7-9,12-17,20,24,29H,4-6,10-11H2,1-3H3/b25-23-. The fourth-order valence-corrected chi connectivity index (χ4v) is 4.90. The van der Waals surface area contributed by atoms with Crippen LogP contribution in [0.5, 0.6) is 5.75 Å². The first-order valence-corrected chi connectivity index (χ1v) is 11.5. The summed E-state index contributed by atoms with van der Waals surface area (Å²) >= 11 is 0. The van der Waals surface area contributed by atoms with Gasteiger partial charge in [0, 0.05) is 11.6 Å². The quantitative estimate of drug-likeness (QED) is 0.382. The van der Waals surface area contributed by atoms with Crippen molar-refractivity contribution in [3.8, 4) is 5.75 Å². The molecular weight excluding hydrogens is 402 g/mol. The van der Waals surface area contributed by atoms with Gasteiger partial charge in [-0.1, -0.05) is 43.5 Å². The first-order chi connectivity index (χ1) is 15.4. The Morgan fingerprint density at radius 2 is 1.66 bits per heavy atom. The fourth-order valence-electron chi connectivity index (χ4n) is 4.90. The number of aliphatic hydroxyl groups excluding tert-OH is 1. The van der Waals surface area contributed by atoms with Crippen LogP contribution in [0.2, 0.25) is 0 Å². The molecule has 2 aliphatic rings. The highest BCUT2D eigenvalue weighted by atomic mass is 16.5. The lowest BCUT2D eigenvalue weighted by molar-refractivity contribution is -0.141. The van der Waals surface area contributed by atoms with Crippen LogP contribution in [0.15, 0.2) is 54.1 Å². The van der Waals surface area contributed by atoms with Gasteiger partial charge in [0.15, 0.2) is 0 Å². The van der Waals surface area contributed by atoms with E-state index in [1.165, 1.54) is 0 Å². The Bertz CT molecular complexity index is 1030. The predicted octanol–water partition coefficient (Wildman–Crippen LogP) is 5.54. The van der Waals surface area contributed by atoms with Crippen LogP contribution in [0.4, 0.5) is 0 Å². The average molecular weight is 434 g/mol. The molecule has 1 amide bonds. The van der Waals surface area contributed by atoms with Gasteiger partial charge in [-0.25, -0.2) is 0 Å². The minimum atomic E-state index is -0.608. The van der Waals surface area contributed by atoms with Gasteiger partial charge in [-0.15, -0.1) is 0 Å². The third kappa shape index (κ3) is 4.16. The van der Waals surface area contributed by atoms with Crippen LogP contribution in [0.1, 0.15) is 68.7 Å². The molecule has 32 heavy (non-hydrogen) atoms. The third-order valence-corrected chi connectivity index (χ3v) is 6.43. The summed E-state index contributed by atoms with van der Waals surface area (Å²) in [5, 5.41) is 11.3. The van der Waals surface area contributed by atoms with Crippen LogP contribution in [0.25, 0.3) is 5.76 Å². The van der Waals surface area contributed by atoms with E-state index in [1.54, 1.807) is 29.2 Å². The summed E-state index contributed by atoms with van der Waals surface area (Å²) in [6.07, 6.45) is 5.06. The number of carbonyl (C=O) groups excluding carboxylic acids is 2. The van der Waals surface area contributed by atoms with Crippen molar-refractivity contribution < 1.29 is 19.4 Å². The second-order valence-corrected chi connectivity index (χ2v) is 9.05. The van der Waals surface area contributed by atoms with E-state index in [-0.39, 0.29) is 23.5 Å². The topological polar surface area (TPSA) is 66.8 Å². The number of ether oxygens (including phenoxy) is 1. The Balaban J connectivity index is 1.81. The monoisotopic (exact) mass is 433 g/mol. The smallest absolute Gasteiger partial charge is 0.295 e. The number of amides is 1. The van der Waals surface area contributed by atoms with Crippen LogP contribution in [0.3, 0.4) is 0 Å². The summed E-state index contributed by atoms with van der Waals surface area (Å²) in [6, 6.07) is 14.2. The average Bonchev–Trinajstić information content (AvgIpc) is 3.05. The highest BCUT2D eigenvalue weighted by Gasteiger charge is 2.49. The Morgan fingerprint density at radius 3 is 2.28 bits per heavy atom. The Morgan fingerprint density at radius 1 is 1.00 bits per heavy atom. The maximum atomic E-state index is 13.2. The van der Waals surface area contributed by atoms with Crippen molar-refractivity contribution in [1.29, 1.82) is 0 Å². The van der Waals surface area contributed by atoms with E-state index in [2.05, 4.69) is 0 Å². The zero-order valence-corrected chi connectivity index (χ0v) is 19.0. The van der Waals surface area contributed by atoms with E-state index in [1.807, 2.05) is 45.0 Å². The number of nitrogens with zero attached hydrogens (tertiary/aromatic N) is 1. The molecule has 1 atom stereocenters. The molecule has 1 unspecified atom stereocenters. The molecule has 5 heteroatoms. The van der Waals surface area contributed by atoms with Crippen molar-refractivity contribution >= 4 is 17.4 Å². The summed E-state index contributed by atoms with van der Waals surface area (Å²) in [7, 11) is 0. The normalized spacial score (nSPS) is 21.4. The number of likely N-dealkylation sites (tertiary alicyclic amines) is 1. The minimum Gasteiger partial charge on any atom is -0.507 e. The molecule has 0 radical (unpaired) electrons. The molecule has 1 heterocycles. The number of aliphatic hydroxyl groups is 1. The van der Waals surface area contributed by atoms with Crippen molar-refractivity contribution in [2.24, 2.45) is 0 Å². The second-order valence-electron chi connectivity index (χ2n) is 9.05. The third-order valence-electron chi connectivity index (χ3n) is 6.43. The molecule has 0 spiro atoms. The lowest BCUT2D eigenvalue weighted by Gasteiger charge is -2.36. The summed E-state index contributed by atoms with van der Waals surface area (Å²) < 4.78 is 5.69. The van der Waals surface area contributed by atoms with E-state index >= 15 is 0 Å². The Kier molecular flexibility index (Phi) is 6.35. The van der Waals surface area contributed by atoms with Crippen molar-refractivity contribution in [1.82, 2.24) is 4.90 Å². The highest BCUT2D eigenvalue weighted by Crippen LogP contribution is 2.43. The van der Waals surface area contributed by atoms with E-state index in [9.17, 15) is 14.7 Å². The molecule has 1 aliphatic carbocycles. The van der Waals surface area contributed by atoms with Crippen LogP contribution < -0.4 is 4.74 Å². The largest absolute Gasteiger partial charge is 0.507 e. The van der Waals surface area contributed by atoms with Crippen molar-refractivity contribution in [2.45, 2.75) is 71.1 Å². The molecule has 168 valence electrons. The first-order valence-electron chi connectivity index (χ1n) is 11.5. The number of aryl methyl sites for hydroxylation is 1. The van der Waals surface area contributed by atoms with Gasteiger partial charge in [-0.05, 0) is 69.0 Å². The van der Waals surface area contributed by atoms with E-state index in [4.69, 9.17) is 4.74 Å². The van der Waals surface area contributed by atoms with Gasteiger partial charge in [-0.3, -0.25) is 9.59 Å². The number of benzene rings is 2. The van der Waals surface area contributed by atoms with Gasteiger partial charge in [-0.2, -0.15) is 0 Å². The van der Waals surface area contributed by atoms with Crippen LogP contribution >= 0.6 is 0 Å². The lowest BCUT2D eigenvalue weighted by atomic mass is 9.89. The minimum absolute atomic E-state index is 0.0110. The molecule has 1 saturated heterocycles. The number of Topliss-reactive ketones (excluding diaryl/α,β-unsaturated/α-hetero) is 1. The number of ketones is 1. The van der Waals surface area contributed by atoms with E-state index in [0.29, 0.717) is 11.3 Å². The Hall–Kier alpha value is -3.08. The van der Waals surface area contributed by atoms with Crippen molar-refractivity contribution in [3.05, 3.63) is 70.8 Å². The molecule has 1 aliphatic heterocycles. The maximum Gasteiger partial charge on any atom is 0.295 e. The molecule has 1 saturated carbocycles. The first kappa shape index (κ1) is 22.1. The summed E-state index contributed by atoms with van der Waals surface area (Å²) in [5.41, 5.74) is 2.55. The van der Waals surface area contributed by atoms with Crippen molar-refractivity contribution in [3.63, 3.8) is 0 Å². The number of rotatable bonds is 5. The van der Waals surface area contributed by atoms with Crippen LogP contribution in [-0.4, -0.2) is 33.8 Å². The molecule has 2 aromatic carbocycles. The molecular formula is C27H31NO4. The zero-order chi connectivity index (χ0) is 22.8. The molecule has 2 fully saturated rings. The van der Waals surface area contributed by atoms with Crippen molar-refractivity contribution in [2.75, 3.05) is 0 Å². The van der Waals surface area contributed by atoms with Crippen LogP contribution in [0, 0.1) is 6.92 Å². The maximum absolute atomic E-state index is 13.2. The van der Waals surface area contributed by atoms with Gasteiger partial charge in [0.2, 0.25) is 0 Å². The highest BCUT2D eigenvalue weighted by molar-refractivity contribution is 6.46. The SMILES string of the molecule is Cc1ccccc1C1/C(=C(/O)c2ccc(OC(C)C)cc2)C(=O)C(=O)N1C1CCCCC1. The van der Waals surface area contributed by atoms with Gasteiger partial charge >= 0.3 is 0 Å². The zero-order valence-electron chi connectivity index (χ0n) is 19.0. The molecule has 5 nitrogen and oxygen atoms in total. The summed E-state index contributed by atoms with van der Waals surface area (Å²) in [4.78, 5) is 28.2. The lowest BCUT2D eigenvalue weighted by Crippen LogP contribution is -2.40. The van der Waals surface area contributed by atoms with Crippen LogP contribution in [-0.2, 0) is 9.59 Å². The summed E-state index contributed by atoms with van der Waals surface area (Å²) in [5.74, 6) is -0.559. The van der Waals surface area contributed by atoms with Gasteiger partial charge in [0.05, 0.1) is 17.7 Å². The Labute approximate surface area is 189 Å². The van der Waals surface area contributed by atoms with Gasteiger partial charge in [0.25, 0.3) is 11.7 Å². The number of hydrogen-bond donors (Lipinski definition) is 1. The predicted molar refractivity (Wildman–Crippen MR) is 124 cm³/mol. The van der Waals surface area contributed by atoms with E-state index in [0.717, 1.165) is 43.2 Å².